The molecule has 178 valence electrons. The Balaban J connectivity index is 1.63. The molecule has 0 radical (unpaired) electrons. The number of fused-ring (bicyclic) bond motifs is 1. The summed E-state index contributed by atoms with van der Waals surface area (Å²) in [5.74, 6) is -1.58. The molecule has 2 aromatic rings. The van der Waals surface area contributed by atoms with E-state index in [1.807, 2.05) is 0 Å². The maximum atomic E-state index is 13.9. The lowest BCUT2D eigenvalue weighted by Gasteiger charge is -2.39. The van der Waals surface area contributed by atoms with Gasteiger partial charge in [-0.25, -0.2) is 8.78 Å². The molecule has 1 aromatic heterocycles. The smallest absolute Gasteiger partial charge is 0.277 e. The van der Waals surface area contributed by atoms with Crippen molar-refractivity contribution in [1.29, 1.82) is 0 Å². The van der Waals surface area contributed by atoms with Crippen LogP contribution >= 0.6 is 0 Å². The van der Waals surface area contributed by atoms with Crippen LogP contribution in [0.1, 0.15) is 39.3 Å². The second-order valence-corrected chi connectivity index (χ2v) is 8.00. The van der Waals surface area contributed by atoms with E-state index < -0.39 is 40.2 Å². The number of hydrogen-bond donors (Lipinski definition) is 2. The second kappa shape index (κ2) is 9.52. The number of aromatic nitrogens is 1. The van der Waals surface area contributed by atoms with Gasteiger partial charge in [-0.05, 0) is 18.9 Å². The molecule has 2 aliphatic rings. The quantitative estimate of drug-likeness (QED) is 0.607. The van der Waals surface area contributed by atoms with Crippen molar-refractivity contribution in [2.24, 2.45) is 0 Å². The average molecular weight is 472 g/mol. The third-order valence-electron chi connectivity index (χ3n) is 5.71. The number of aromatic hydroxyl groups is 1. The number of pyridine rings is 1. The minimum atomic E-state index is -1.06. The van der Waals surface area contributed by atoms with E-state index in [2.05, 4.69) is 11.2 Å². The SMILES string of the molecule is C#CCN1CN(CC2CCCO2)C(=O)c2c(O)c(=O)c(C(=O)NCc3ccc(F)cc3F)cn21. The highest BCUT2D eigenvalue weighted by Crippen LogP contribution is 2.23. The summed E-state index contributed by atoms with van der Waals surface area (Å²) in [6, 6.07) is 2.88. The fourth-order valence-electron chi connectivity index (χ4n) is 3.99. The Morgan fingerprint density at radius 1 is 1.32 bits per heavy atom. The Labute approximate surface area is 193 Å². The highest BCUT2D eigenvalue weighted by atomic mass is 19.1. The number of nitrogens with one attached hydrogen (secondary N) is 1. The van der Waals surface area contributed by atoms with Crippen LogP contribution in [0.4, 0.5) is 8.78 Å². The maximum absolute atomic E-state index is 13.9. The molecular weight excluding hydrogens is 450 g/mol. The van der Waals surface area contributed by atoms with Gasteiger partial charge in [0.15, 0.2) is 11.4 Å². The first-order chi connectivity index (χ1) is 16.3. The lowest BCUT2D eigenvalue weighted by atomic mass is 10.1. The number of amides is 2. The van der Waals surface area contributed by atoms with Crippen molar-refractivity contribution in [2.75, 3.05) is 31.4 Å². The number of halogens is 2. The Hall–Kier alpha value is -3.91. The number of benzene rings is 1. The Bertz CT molecular complexity index is 1230. The van der Waals surface area contributed by atoms with Gasteiger partial charge in [-0.3, -0.25) is 24.1 Å². The minimum absolute atomic E-state index is 0.00550. The lowest BCUT2D eigenvalue weighted by molar-refractivity contribution is 0.0461. The van der Waals surface area contributed by atoms with Gasteiger partial charge in [0.1, 0.15) is 23.9 Å². The molecule has 3 heterocycles. The van der Waals surface area contributed by atoms with Crippen LogP contribution in [-0.4, -0.2) is 59.0 Å². The minimum Gasteiger partial charge on any atom is -0.502 e. The van der Waals surface area contributed by atoms with Crippen LogP contribution in [0, 0.1) is 24.0 Å². The van der Waals surface area contributed by atoms with Crippen molar-refractivity contribution in [3.05, 3.63) is 63.1 Å². The van der Waals surface area contributed by atoms with E-state index in [9.17, 15) is 28.3 Å². The largest absolute Gasteiger partial charge is 0.502 e. The Morgan fingerprint density at radius 2 is 2.12 bits per heavy atom. The van der Waals surface area contributed by atoms with Crippen LogP contribution < -0.4 is 15.8 Å². The molecule has 0 aliphatic carbocycles. The van der Waals surface area contributed by atoms with Crippen molar-refractivity contribution < 1.29 is 28.2 Å². The van der Waals surface area contributed by atoms with Crippen LogP contribution in [0.5, 0.6) is 5.75 Å². The summed E-state index contributed by atoms with van der Waals surface area (Å²) >= 11 is 0. The predicted molar refractivity (Wildman–Crippen MR) is 117 cm³/mol. The van der Waals surface area contributed by atoms with Crippen molar-refractivity contribution in [3.63, 3.8) is 0 Å². The first kappa shape index (κ1) is 23.3. The maximum Gasteiger partial charge on any atom is 0.277 e. The van der Waals surface area contributed by atoms with E-state index in [4.69, 9.17) is 11.2 Å². The Morgan fingerprint density at radius 3 is 2.79 bits per heavy atom. The molecule has 1 unspecified atom stereocenters. The molecule has 11 heteroatoms. The standard InChI is InChI=1S/C23H22F2N4O5/c1-2-7-28-13-27(11-16-4-3-8-34-16)23(33)19-21(31)20(30)17(12-29(19)28)22(32)26-10-14-5-6-15(24)9-18(14)25/h1,5-6,9,12,16,31H,3-4,7-8,10-11,13H2,(H,26,32). The zero-order chi connectivity index (χ0) is 24.4. The topological polar surface area (TPSA) is 104 Å². The number of hydrogen-bond acceptors (Lipinski definition) is 6. The highest BCUT2D eigenvalue weighted by molar-refractivity contribution is 5.99. The molecular formula is C23H22F2N4O5. The first-order valence-corrected chi connectivity index (χ1v) is 10.6. The van der Waals surface area contributed by atoms with Gasteiger partial charge in [-0.15, -0.1) is 6.42 Å². The number of nitrogens with zero attached hydrogens (tertiary/aromatic N) is 3. The predicted octanol–water partition coefficient (Wildman–Crippen LogP) is 0.926. The molecule has 0 saturated carbocycles. The number of carbonyl (C=O) groups is 2. The van der Waals surface area contributed by atoms with E-state index in [1.165, 1.54) is 14.6 Å². The van der Waals surface area contributed by atoms with Gasteiger partial charge in [-0.1, -0.05) is 12.0 Å². The van der Waals surface area contributed by atoms with E-state index >= 15 is 0 Å². The average Bonchev–Trinajstić information content (AvgIpc) is 3.31. The molecule has 0 bridgehead atoms. The van der Waals surface area contributed by atoms with Crippen LogP contribution in [0.15, 0.2) is 29.2 Å². The second-order valence-electron chi connectivity index (χ2n) is 8.00. The Kier molecular flexibility index (Phi) is 6.51. The first-order valence-electron chi connectivity index (χ1n) is 10.6. The van der Waals surface area contributed by atoms with Gasteiger partial charge < -0.3 is 20.1 Å². The fourth-order valence-corrected chi connectivity index (χ4v) is 3.99. The van der Waals surface area contributed by atoms with Crippen molar-refractivity contribution in [2.45, 2.75) is 25.5 Å². The summed E-state index contributed by atoms with van der Waals surface area (Å²) in [6.45, 7) is 0.614. The van der Waals surface area contributed by atoms with Crippen LogP contribution in [0.25, 0.3) is 0 Å². The number of carbonyl (C=O) groups excluding carboxylic acids is 2. The third-order valence-corrected chi connectivity index (χ3v) is 5.71. The van der Waals surface area contributed by atoms with Gasteiger partial charge in [0.25, 0.3) is 11.8 Å². The summed E-state index contributed by atoms with van der Waals surface area (Å²) in [7, 11) is 0. The summed E-state index contributed by atoms with van der Waals surface area (Å²) in [6.07, 6.45) is 8.08. The summed E-state index contributed by atoms with van der Waals surface area (Å²) in [4.78, 5) is 40.0. The molecule has 34 heavy (non-hydrogen) atoms. The van der Waals surface area contributed by atoms with E-state index in [1.54, 1.807) is 0 Å². The number of ether oxygens (including phenoxy) is 1. The van der Waals surface area contributed by atoms with Crippen LogP contribution in [0.3, 0.4) is 0 Å². The molecule has 1 aromatic carbocycles. The molecule has 1 atom stereocenters. The van der Waals surface area contributed by atoms with E-state index in [-0.39, 0.29) is 43.7 Å². The van der Waals surface area contributed by atoms with Gasteiger partial charge in [0, 0.05) is 37.5 Å². The summed E-state index contributed by atoms with van der Waals surface area (Å²) in [5, 5.41) is 14.5. The zero-order valence-corrected chi connectivity index (χ0v) is 18.1. The monoisotopic (exact) mass is 472 g/mol. The lowest BCUT2D eigenvalue weighted by Crippen LogP contribution is -2.56. The summed E-state index contributed by atoms with van der Waals surface area (Å²) < 4.78 is 33.7. The molecule has 1 saturated heterocycles. The number of terminal acetylenes is 1. The molecule has 2 amide bonds. The van der Waals surface area contributed by atoms with E-state index in [0.717, 1.165) is 31.2 Å². The highest BCUT2D eigenvalue weighted by Gasteiger charge is 2.35. The van der Waals surface area contributed by atoms with Crippen molar-refractivity contribution >= 4 is 11.8 Å². The molecule has 9 nitrogen and oxygen atoms in total. The van der Waals surface area contributed by atoms with Gasteiger partial charge in [-0.2, -0.15) is 0 Å². The molecule has 4 rings (SSSR count). The molecule has 2 N–H and O–H groups in total. The van der Waals surface area contributed by atoms with Crippen molar-refractivity contribution in [1.82, 2.24) is 14.9 Å². The van der Waals surface area contributed by atoms with Gasteiger partial charge in [0.05, 0.1) is 12.6 Å². The van der Waals surface area contributed by atoms with E-state index in [0.29, 0.717) is 12.7 Å². The fraction of sp³-hybridized carbons (Fsp3) is 0.348. The normalized spacial score (nSPS) is 17.4. The van der Waals surface area contributed by atoms with Crippen LogP contribution in [0.2, 0.25) is 0 Å². The molecule has 0 spiro atoms. The molecule has 1 fully saturated rings. The van der Waals surface area contributed by atoms with Gasteiger partial charge >= 0.3 is 0 Å². The molecule has 2 aliphatic heterocycles. The van der Waals surface area contributed by atoms with Crippen molar-refractivity contribution in [3.8, 4) is 18.1 Å². The number of rotatable bonds is 6. The van der Waals surface area contributed by atoms with Crippen LogP contribution in [-0.2, 0) is 11.3 Å². The zero-order valence-electron chi connectivity index (χ0n) is 18.1. The summed E-state index contributed by atoms with van der Waals surface area (Å²) in [5.41, 5.74) is -1.83. The third kappa shape index (κ3) is 4.45. The van der Waals surface area contributed by atoms with Gasteiger partial charge in [0.2, 0.25) is 5.43 Å².